The molecule has 2 amide bonds. The van der Waals surface area contributed by atoms with E-state index in [-0.39, 0.29) is 29.6 Å². The van der Waals surface area contributed by atoms with Crippen LogP contribution in [0.4, 0.5) is 5.69 Å². The molecule has 0 aliphatic carbocycles. The lowest BCUT2D eigenvalue weighted by atomic mass is 9.98. The maximum Gasteiger partial charge on any atom is 0.241 e. The minimum atomic E-state index is -4.07. The summed E-state index contributed by atoms with van der Waals surface area (Å²) in [5.74, 6) is -0.00327. The lowest BCUT2D eigenvalue weighted by Gasteiger charge is -2.33. The van der Waals surface area contributed by atoms with E-state index < -0.39 is 16.1 Å². The smallest absolute Gasteiger partial charge is 0.241 e. The van der Waals surface area contributed by atoms with Gasteiger partial charge in [-0.1, -0.05) is 13.0 Å². The van der Waals surface area contributed by atoms with Gasteiger partial charge in [-0.15, -0.1) is 0 Å². The molecule has 1 unspecified atom stereocenters. The topological polar surface area (TPSA) is 124 Å². The van der Waals surface area contributed by atoms with Crippen molar-refractivity contribution in [2.75, 3.05) is 18.4 Å². The maximum atomic E-state index is 13.4. The van der Waals surface area contributed by atoms with Crippen molar-refractivity contribution in [3.63, 3.8) is 0 Å². The van der Waals surface area contributed by atoms with Crippen LogP contribution in [-0.4, -0.2) is 48.8 Å². The number of aromatic nitrogens is 1. The fraction of sp³-hybridized carbons (Fsp3) is 0.435. The molecule has 2 aromatic rings. The molecule has 9 nitrogen and oxygen atoms in total. The molecule has 4 rings (SSSR count). The van der Waals surface area contributed by atoms with Crippen LogP contribution in [-0.2, 0) is 32.6 Å². The number of piperidine rings is 1. The third-order valence-electron chi connectivity index (χ3n) is 6.33. The standard InChI is InChI=1S/C23H27N5O4S/c1-16-7-11-28(12-8-16)23(30)20(9-13-27-10-3-4-17(27)15-24)26-33(31,32)21-6-2-5-19-18(21)14-22(29)25-19/h2-6,10,16,20,26H,7-9,11-14H2,1H3,(H,25,29). The van der Waals surface area contributed by atoms with Crippen LogP contribution in [0.2, 0.25) is 0 Å². The van der Waals surface area contributed by atoms with Crippen LogP contribution in [0.25, 0.3) is 0 Å². The number of sulfonamides is 1. The third-order valence-corrected chi connectivity index (χ3v) is 7.88. The number of aryl methyl sites for hydroxylation is 1. The number of carbonyl (C=O) groups is 2. The first-order valence-corrected chi connectivity index (χ1v) is 12.5. The molecule has 2 N–H and O–H groups in total. The third kappa shape index (κ3) is 4.94. The van der Waals surface area contributed by atoms with Gasteiger partial charge in [0.25, 0.3) is 0 Å². The van der Waals surface area contributed by atoms with Crippen LogP contribution in [0.5, 0.6) is 0 Å². The Balaban J connectivity index is 1.59. The Hall–Kier alpha value is -3.16. The minimum absolute atomic E-state index is 0.00194. The Kier molecular flexibility index (Phi) is 6.54. The average molecular weight is 470 g/mol. The van der Waals surface area contributed by atoms with Crippen molar-refractivity contribution >= 4 is 27.5 Å². The minimum Gasteiger partial charge on any atom is -0.341 e. The zero-order valence-corrected chi connectivity index (χ0v) is 19.3. The highest BCUT2D eigenvalue weighted by molar-refractivity contribution is 7.89. The summed E-state index contributed by atoms with van der Waals surface area (Å²) >= 11 is 0. The largest absolute Gasteiger partial charge is 0.341 e. The van der Waals surface area contributed by atoms with Crippen LogP contribution in [0.3, 0.4) is 0 Å². The van der Waals surface area contributed by atoms with Crippen molar-refractivity contribution in [1.29, 1.82) is 5.26 Å². The van der Waals surface area contributed by atoms with Crippen LogP contribution in [0, 0.1) is 17.2 Å². The number of carbonyl (C=O) groups excluding carboxylic acids is 2. The molecule has 1 fully saturated rings. The predicted molar refractivity (Wildman–Crippen MR) is 122 cm³/mol. The van der Waals surface area contributed by atoms with Crippen LogP contribution >= 0.6 is 0 Å². The summed E-state index contributed by atoms with van der Waals surface area (Å²) in [6, 6.07) is 9.19. The van der Waals surface area contributed by atoms with Crippen molar-refractivity contribution in [3.8, 4) is 6.07 Å². The molecular formula is C23H27N5O4S. The van der Waals surface area contributed by atoms with Crippen molar-refractivity contribution in [3.05, 3.63) is 47.8 Å². The zero-order valence-electron chi connectivity index (χ0n) is 18.5. The molecule has 0 saturated carbocycles. The average Bonchev–Trinajstić information content (AvgIpc) is 3.41. The number of hydrogen-bond acceptors (Lipinski definition) is 5. The highest BCUT2D eigenvalue weighted by Gasteiger charge is 2.33. The van der Waals surface area contributed by atoms with Gasteiger partial charge < -0.3 is 14.8 Å². The van der Waals surface area contributed by atoms with Gasteiger partial charge in [0.05, 0.1) is 11.3 Å². The number of nitrogens with zero attached hydrogens (tertiary/aromatic N) is 3. The summed E-state index contributed by atoms with van der Waals surface area (Å²) in [4.78, 5) is 26.9. The molecule has 2 aliphatic heterocycles. The van der Waals surface area contributed by atoms with E-state index in [1.807, 2.05) is 0 Å². The summed E-state index contributed by atoms with van der Waals surface area (Å²) < 4.78 is 31.0. The zero-order chi connectivity index (χ0) is 23.6. The van der Waals surface area contributed by atoms with Crippen LogP contribution < -0.4 is 10.0 Å². The quantitative estimate of drug-likeness (QED) is 0.640. The maximum absolute atomic E-state index is 13.4. The second kappa shape index (κ2) is 9.37. The summed E-state index contributed by atoms with van der Waals surface area (Å²) in [5, 5.41) is 11.9. The number of hydrogen-bond donors (Lipinski definition) is 2. The van der Waals surface area contributed by atoms with Gasteiger partial charge in [0.2, 0.25) is 21.8 Å². The molecule has 2 aliphatic rings. The first-order chi connectivity index (χ1) is 15.8. The molecule has 0 radical (unpaired) electrons. The Labute approximate surface area is 193 Å². The molecule has 33 heavy (non-hydrogen) atoms. The molecule has 174 valence electrons. The highest BCUT2D eigenvalue weighted by Crippen LogP contribution is 2.29. The second-order valence-corrected chi connectivity index (χ2v) is 10.4. The van der Waals surface area contributed by atoms with E-state index in [4.69, 9.17) is 0 Å². The van der Waals surface area contributed by atoms with Gasteiger partial charge >= 0.3 is 0 Å². The fourth-order valence-corrected chi connectivity index (χ4v) is 5.87. The van der Waals surface area contributed by atoms with E-state index in [0.29, 0.717) is 42.5 Å². The Morgan fingerprint density at radius 1 is 1.27 bits per heavy atom. The monoisotopic (exact) mass is 469 g/mol. The summed E-state index contributed by atoms with van der Waals surface area (Å²) in [7, 11) is -4.07. The van der Waals surface area contributed by atoms with Crippen molar-refractivity contribution in [2.24, 2.45) is 5.92 Å². The molecule has 1 aromatic carbocycles. The number of amides is 2. The summed E-state index contributed by atoms with van der Waals surface area (Å²) in [5.41, 5.74) is 1.33. The molecule has 0 bridgehead atoms. The van der Waals surface area contributed by atoms with E-state index in [0.717, 1.165) is 12.8 Å². The van der Waals surface area contributed by atoms with Gasteiger partial charge in [-0.2, -0.15) is 9.98 Å². The number of fused-ring (bicyclic) bond motifs is 1. The number of rotatable bonds is 7. The molecular weight excluding hydrogens is 442 g/mol. The van der Waals surface area contributed by atoms with Crippen molar-refractivity contribution in [1.82, 2.24) is 14.2 Å². The first kappa shape index (κ1) is 23.0. The number of benzene rings is 1. The Morgan fingerprint density at radius 2 is 2.03 bits per heavy atom. The SMILES string of the molecule is CC1CCN(C(=O)C(CCn2cccc2C#N)NS(=O)(=O)c2cccc3c2CC(=O)N3)CC1. The van der Waals surface area contributed by atoms with Gasteiger partial charge in [-0.3, -0.25) is 9.59 Å². The van der Waals surface area contributed by atoms with Crippen LogP contribution in [0.15, 0.2) is 41.4 Å². The van der Waals surface area contributed by atoms with Crippen molar-refractivity contribution in [2.45, 2.75) is 50.1 Å². The van der Waals surface area contributed by atoms with Gasteiger partial charge in [-0.05, 0) is 49.4 Å². The lowest BCUT2D eigenvalue weighted by Crippen LogP contribution is -2.51. The molecule has 10 heteroatoms. The lowest BCUT2D eigenvalue weighted by molar-refractivity contribution is -0.134. The van der Waals surface area contributed by atoms with E-state index in [2.05, 4.69) is 23.0 Å². The normalized spacial score (nSPS) is 17.3. The number of anilines is 1. The van der Waals surface area contributed by atoms with E-state index >= 15 is 0 Å². The Morgan fingerprint density at radius 3 is 2.76 bits per heavy atom. The van der Waals surface area contributed by atoms with Gasteiger partial charge in [0.15, 0.2) is 0 Å². The molecule has 1 atom stereocenters. The van der Waals surface area contributed by atoms with E-state index in [9.17, 15) is 23.3 Å². The molecule has 3 heterocycles. The second-order valence-electron chi connectivity index (χ2n) is 8.68. The van der Waals surface area contributed by atoms with E-state index in [1.54, 1.807) is 39.9 Å². The summed E-state index contributed by atoms with van der Waals surface area (Å²) in [6.45, 7) is 3.63. The Bertz CT molecular complexity index is 1210. The number of likely N-dealkylation sites (tertiary alicyclic amines) is 1. The fourth-order valence-electron chi connectivity index (χ4n) is 4.38. The predicted octanol–water partition coefficient (Wildman–Crippen LogP) is 1.85. The van der Waals surface area contributed by atoms with Gasteiger partial charge in [0.1, 0.15) is 17.8 Å². The number of nitrogens with one attached hydrogen (secondary N) is 2. The van der Waals surface area contributed by atoms with Crippen molar-refractivity contribution < 1.29 is 18.0 Å². The first-order valence-electron chi connectivity index (χ1n) is 11.1. The van der Waals surface area contributed by atoms with Gasteiger partial charge in [0, 0.05) is 37.1 Å². The molecule has 1 aromatic heterocycles. The van der Waals surface area contributed by atoms with Gasteiger partial charge in [-0.25, -0.2) is 8.42 Å². The van der Waals surface area contributed by atoms with E-state index in [1.165, 1.54) is 6.07 Å². The van der Waals surface area contributed by atoms with Crippen LogP contribution in [0.1, 0.15) is 37.4 Å². The molecule has 1 saturated heterocycles. The summed E-state index contributed by atoms with van der Waals surface area (Å²) in [6.07, 6.45) is 3.66. The highest BCUT2D eigenvalue weighted by atomic mass is 32.2. The molecule has 0 spiro atoms. The number of nitriles is 1.